The van der Waals surface area contributed by atoms with E-state index in [4.69, 9.17) is 10.5 Å². The second-order valence-corrected chi connectivity index (χ2v) is 5.55. The number of ether oxygens (including phenoxy) is 1. The van der Waals surface area contributed by atoms with E-state index in [1.165, 1.54) is 11.1 Å². The van der Waals surface area contributed by atoms with Gasteiger partial charge in [0.25, 0.3) is 0 Å². The molecule has 15 heavy (non-hydrogen) atoms. The van der Waals surface area contributed by atoms with Crippen LogP contribution in [-0.2, 0) is 5.75 Å². The maximum Gasteiger partial charge on any atom is 0.124 e. The van der Waals surface area contributed by atoms with Gasteiger partial charge >= 0.3 is 0 Å². The number of halogens is 1. The van der Waals surface area contributed by atoms with Gasteiger partial charge in [-0.1, -0.05) is 15.9 Å². The van der Waals surface area contributed by atoms with E-state index in [0.29, 0.717) is 0 Å². The number of benzene rings is 1. The van der Waals surface area contributed by atoms with Crippen molar-refractivity contribution in [3.8, 4) is 5.75 Å². The molecule has 82 valence electrons. The Morgan fingerprint density at radius 3 is 3.07 bits per heavy atom. The van der Waals surface area contributed by atoms with Crippen molar-refractivity contribution in [3.05, 3.63) is 27.7 Å². The third kappa shape index (κ3) is 2.17. The van der Waals surface area contributed by atoms with Crippen molar-refractivity contribution in [2.75, 3.05) is 12.9 Å². The van der Waals surface area contributed by atoms with Crippen molar-refractivity contribution in [1.82, 2.24) is 0 Å². The number of hydrogen-bond donors (Lipinski definition) is 1. The average Bonchev–Trinajstić information content (AvgIpc) is 2.43. The summed E-state index contributed by atoms with van der Waals surface area (Å²) < 4.78 is 6.53. The van der Waals surface area contributed by atoms with Crippen LogP contribution in [0.2, 0.25) is 0 Å². The second kappa shape index (κ2) is 4.76. The Bertz CT molecular complexity index is 370. The van der Waals surface area contributed by atoms with Crippen LogP contribution in [0.1, 0.15) is 23.6 Å². The SMILES string of the molecule is COc1ccc(Br)c2c1C(N)CCSC2. The zero-order valence-electron chi connectivity index (χ0n) is 8.63. The highest BCUT2D eigenvalue weighted by atomic mass is 79.9. The topological polar surface area (TPSA) is 35.2 Å². The van der Waals surface area contributed by atoms with E-state index in [1.807, 2.05) is 23.9 Å². The largest absolute Gasteiger partial charge is 0.496 e. The summed E-state index contributed by atoms with van der Waals surface area (Å²) in [6.45, 7) is 0. The van der Waals surface area contributed by atoms with Crippen LogP contribution in [0, 0.1) is 0 Å². The van der Waals surface area contributed by atoms with Gasteiger partial charge in [0.05, 0.1) is 7.11 Å². The lowest BCUT2D eigenvalue weighted by molar-refractivity contribution is 0.404. The Balaban J connectivity index is 2.56. The molecule has 2 rings (SSSR count). The molecule has 1 atom stereocenters. The highest BCUT2D eigenvalue weighted by molar-refractivity contribution is 9.10. The molecule has 1 heterocycles. The number of rotatable bonds is 1. The summed E-state index contributed by atoms with van der Waals surface area (Å²) in [4.78, 5) is 0. The first-order valence-corrected chi connectivity index (χ1v) is 6.87. The summed E-state index contributed by atoms with van der Waals surface area (Å²) in [7, 11) is 1.70. The number of hydrogen-bond acceptors (Lipinski definition) is 3. The summed E-state index contributed by atoms with van der Waals surface area (Å²) in [5.74, 6) is 3.05. The fraction of sp³-hybridized carbons (Fsp3) is 0.455. The zero-order chi connectivity index (χ0) is 10.8. The van der Waals surface area contributed by atoms with Crippen LogP contribution < -0.4 is 10.5 Å². The molecule has 0 aromatic heterocycles. The molecule has 0 spiro atoms. The lowest BCUT2D eigenvalue weighted by atomic mass is 9.99. The van der Waals surface area contributed by atoms with Crippen molar-refractivity contribution in [3.63, 3.8) is 0 Å². The number of methoxy groups -OCH3 is 1. The Morgan fingerprint density at radius 1 is 1.53 bits per heavy atom. The van der Waals surface area contributed by atoms with Gasteiger partial charge in [-0.3, -0.25) is 0 Å². The van der Waals surface area contributed by atoms with Crippen molar-refractivity contribution in [1.29, 1.82) is 0 Å². The van der Waals surface area contributed by atoms with Gasteiger partial charge < -0.3 is 10.5 Å². The standard InChI is InChI=1S/C11H14BrNOS/c1-14-10-3-2-8(12)7-6-15-5-4-9(13)11(7)10/h2-3,9H,4-6,13H2,1H3. The monoisotopic (exact) mass is 287 g/mol. The molecule has 2 nitrogen and oxygen atoms in total. The van der Waals surface area contributed by atoms with Crippen LogP contribution in [-0.4, -0.2) is 12.9 Å². The molecule has 0 fully saturated rings. The van der Waals surface area contributed by atoms with Crippen molar-refractivity contribution < 1.29 is 4.74 Å². The maximum atomic E-state index is 6.18. The van der Waals surface area contributed by atoms with Gasteiger partial charge in [0.2, 0.25) is 0 Å². The molecule has 0 aliphatic carbocycles. The molecule has 1 aromatic rings. The molecule has 1 aromatic carbocycles. The van der Waals surface area contributed by atoms with E-state index in [-0.39, 0.29) is 6.04 Å². The molecule has 1 unspecified atom stereocenters. The summed E-state index contributed by atoms with van der Waals surface area (Å²) in [6, 6.07) is 4.12. The van der Waals surface area contributed by atoms with Crippen LogP contribution in [0.5, 0.6) is 5.75 Å². The molecule has 2 N–H and O–H groups in total. The van der Waals surface area contributed by atoms with Gasteiger partial charge in [0, 0.05) is 21.8 Å². The van der Waals surface area contributed by atoms with Crippen LogP contribution in [0.15, 0.2) is 16.6 Å². The predicted molar refractivity (Wildman–Crippen MR) is 68.4 cm³/mol. The van der Waals surface area contributed by atoms with Gasteiger partial charge in [0.1, 0.15) is 5.75 Å². The van der Waals surface area contributed by atoms with Crippen LogP contribution in [0.3, 0.4) is 0 Å². The van der Waals surface area contributed by atoms with Gasteiger partial charge in [-0.05, 0) is 29.9 Å². The summed E-state index contributed by atoms with van der Waals surface area (Å²) >= 11 is 5.51. The fourth-order valence-electron chi connectivity index (χ4n) is 1.88. The Labute approximate surface area is 103 Å². The molecule has 4 heteroatoms. The molecular formula is C11H14BrNOS. The van der Waals surface area contributed by atoms with Crippen molar-refractivity contribution in [2.24, 2.45) is 5.73 Å². The van der Waals surface area contributed by atoms with Crippen LogP contribution >= 0.6 is 27.7 Å². The smallest absolute Gasteiger partial charge is 0.124 e. The molecule has 0 radical (unpaired) electrons. The van der Waals surface area contributed by atoms with Gasteiger partial charge in [-0.2, -0.15) is 11.8 Å². The van der Waals surface area contributed by atoms with Crippen LogP contribution in [0.4, 0.5) is 0 Å². The third-order valence-electron chi connectivity index (χ3n) is 2.67. The average molecular weight is 288 g/mol. The predicted octanol–water partition coefficient (Wildman–Crippen LogP) is 3.09. The van der Waals surface area contributed by atoms with Crippen molar-refractivity contribution in [2.45, 2.75) is 18.2 Å². The van der Waals surface area contributed by atoms with Crippen LogP contribution in [0.25, 0.3) is 0 Å². The highest BCUT2D eigenvalue weighted by Crippen LogP contribution is 2.39. The molecular weight excluding hydrogens is 274 g/mol. The molecule has 0 saturated carbocycles. The van der Waals surface area contributed by atoms with Gasteiger partial charge in [-0.15, -0.1) is 0 Å². The molecule has 1 aliphatic heterocycles. The second-order valence-electron chi connectivity index (χ2n) is 3.59. The zero-order valence-corrected chi connectivity index (χ0v) is 11.0. The molecule has 0 amide bonds. The first kappa shape index (κ1) is 11.3. The molecule has 0 bridgehead atoms. The molecule has 0 saturated heterocycles. The van der Waals surface area contributed by atoms with E-state index >= 15 is 0 Å². The number of fused-ring (bicyclic) bond motifs is 1. The number of thioether (sulfide) groups is 1. The van der Waals surface area contributed by atoms with Gasteiger partial charge in [0.15, 0.2) is 0 Å². The lowest BCUT2D eigenvalue weighted by Crippen LogP contribution is -2.13. The van der Waals surface area contributed by atoms with Gasteiger partial charge in [-0.25, -0.2) is 0 Å². The first-order chi connectivity index (χ1) is 7.24. The lowest BCUT2D eigenvalue weighted by Gasteiger charge is -2.17. The summed E-state index contributed by atoms with van der Waals surface area (Å²) in [5.41, 5.74) is 8.65. The Morgan fingerprint density at radius 2 is 2.33 bits per heavy atom. The normalized spacial score (nSPS) is 20.6. The van der Waals surface area contributed by atoms with E-state index in [2.05, 4.69) is 15.9 Å². The minimum absolute atomic E-state index is 0.0995. The maximum absolute atomic E-state index is 6.18. The minimum Gasteiger partial charge on any atom is -0.496 e. The van der Waals surface area contributed by atoms with E-state index < -0.39 is 0 Å². The third-order valence-corrected chi connectivity index (χ3v) is 4.43. The van der Waals surface area contributed by atoms with E-state index in [1.54, 1.807) is 7.11 Å². The van der Waals surface area contributed by atoms with E-state index in [0.717, 1.165) is 28.1 Å². The highest BCUT2D eigenvalue weighted by Gasteiger charge is 2.21. The Kier molecular flexibility index (Phi) is 3.59. The Hall–Kier alpha value is -0.190. The summed E-state index contributed by atoms with van der Waals surface area (Å²) in [6.07, 6.45) is 1.02. The fourth-order valence-corrected chi connectivity index (χ4v) is 3.63. The quantitative estimate of drug-likeness (QED) is 0.862. The first-order valence-electron chi connectivity index (χ1n) is 4.92. The summed E-state index contributed by atoms with van der Waals surface area (Å²) in [5, 5.41) is 0. The van der Waals surface area contributed by atoms with Crippen molar-refractivity contribution >= 4 is 27.7 Å². The minimum atomic E-state index is 0.0995. The molecule has 1 aliphatic rings. The number of nitrogens with two attached hydrogens (primary N) is 1. The van der Waals surface area contributed by atoms with E-state index in [9.17, 15) is 0 Å².